The minimum atomic E-state index is -0.360. The molecule has 6 rings (SSSR count). The van der Waals surface area contributed by atoms with E-state index in [9.17, 15) is 19.2 Å². The van der Waals surface area contributed by atoms with E-state index < -0.39 is 0 Å². The first-order valence-electron chi connectivity index (χ1n) is 11.2. The Morgan fingerprint density at radius 2 is 1.33 bits per heavy atom. The Bertz CT molecular complexity index is 1880. The van der Waals surface area contributed by atoms with Crippen molar-refractivity contribution in [3.05, 3.63) is 100 Å². The number of aryl methyl sites for hydroxylation is 1. The van der Waals surface area contributed by atoms with Gasteiger partial charge in [-0.2, -0.15) is 0 Å². The maximum absolute atomic E-state index is 13.6. The largest absolute Gasteiger partial charge is 0.289 e. The average Bonchev–Trinajstić information content (AvgIpc) is 3.20. The van der Waals surface area contributed by atoms with Crippen LogP contribution in [0.5, 0.6) is 0 Å². The van der Waals surface area contributed by atoms with Gasteiger partial charge in [0.15, 0.2) is 10.9 Å². The predicted molar refractivity (Wildman–Crippen MR) is 137 cm³/mol. The first kappa shape index (κ1) is 20.2. The van der Waals surface area contributed by atoms with Crippen molar-refractivity contribution < 1.29 is 0 Å². The number of hydrogen-bond acceptors (Lipinski definition) is 5. The molecule has 4 aromatic carbocycles. The molecule has 0 amide bonds. The summed E-state index contributed by atoms with van der Waals surface area (Å²) < 4.78 is 0.395. The van der Waals surface area contributed by atoms with Gasteiger partial charge in [-0.05, 0) is 56.7 Å². The van der Waals surface area contributed by atoms with Crippen molar-refractivity contribution in [2.75, 3.05) is 0 Å². The van der Waals surface area contributed by atoms with Crippen LogP contribution in [0.4, 0.5) is 0 Å². The second-order valence-corrected chi connectivity index (χ2v) is 10.0. The van der Waals surface area contributed by atoms with Crippen LogP contribution in [0, 0.1) is 0 Å². The van der Waals surface area contributed by atoms with Crippen LogP contribution in [0.2, 0.25) is 0 Å². The van der Waals surface area contributed by atoms with Crippen molar-refractivity contribution in [3.8, 4) is 0 Å². The van der Waals surface area contributed by atoms with E-state index in [1.165, 1.54) is 30.4 Å². The van der Waals surface area contributed by atoms with Gasteiger partial charge in [-0.3, -0.25) is 19.2 Å². The van der Waals surface area contributed by atoms with Gasteiger partial charge in [-0.1, -0.05) is 41.5 Å². The minimum absolute atomic E-state index is 0.0960. The van der Waals surface area contributed by atoms with Crippen LogP contribution in [0.1, 0.15) is 38.2 Å². The number of hydrogen-bond donors (Lipinski definition) is 0. The molecule has 1 fully saturated rings. The molecule has 0 unspecified atom stereocenters. The summed E-state index contributed by atoms with van der Waals surface area (Å²) in [7, 11) is 0. The van der Waals surface area contributed by atoms with Crippen molar-refractivity contribution >= 4 is 53.1 Å². The van der Waals surface area contributed by atoms with E-state index in [2.05, 4.69) is 6.92 Å². The summed E-state index contributed by atoms with van der Waals surface area (Å²) in [6, 6.07) is 12.0. The Hall–Kier alpha value is -3.44. The highest BCUT2D eigenvalue weighted by Crippen LogP contribution is 2.31. The fraction of sp³-hybridized carbons (Fsp3) is 0.214. The molecule has 33 heavy (non-hydrogen) atoms. The van der Waals surface area contributed by atoms with Crippen molar-refractivity contribution in [2.24, 2.45) is 0 Å². The van der Waals surface area contributed by atoms with Crippen LogP contribution >= 0.6 is 11.3 Å². The normalized spacial score (nSPS) is 13.9. The zero-order valence-corrected chi connectivity index (χ0v) is 18.9. The van der Waals surface area contributed by atoms with Crippen molar-refractivity contribution in [1.29, 1.82) is 0 Å². The van der Waals surface area contributed by atoms with E-state index in [-0.39, 0.29) is 47.3 Å². The zero-order valence-electron chi connectivity index (χ0n) is 18.1. The molecule has 5 aromatic rings. The third-order valence-corrected chi connectivity index (χ3v) is 8.30. The van der Waals surface area contributed by atoms with Crippen molar-refractivity contribution in [2.45, 2.75) is 39.0 Å². The van der Waals surface area contributed by atoms with Gasteiger partial charge in [0.1, 0.15) is 0 Å². The molecule has 162 valence electrons. The van der Waals surface area contributed by atoms with Gasteiger partial charge >= 0.3 is 0 Å². The lowest BCUT2D eigenvalue weighted by molar-refractivity contribution is 0.641. The Labute approximate surface area is 192 Å². The Morgan fingerprint density at radius 1 is 0.758 bits per heavy atom. The number of rotatable bonds is 3. The third kappa shape index (κ3) is 2.89. The molecule has 1 heterocycles. The second kappa shape index (κ2) is 7.29. The topological polar surface area (TPSA) is 68.3 Å². The summed E-state index contributed by atoms with van der Waals surface area (Å²) in [5.41, 5.74) is 2.66. The SMILES string of the molecule is CC(CCc1ccc2c(=O)c3sc4c(=O)c5ccccc5c(=O)c4c3c(=O)c2c1)=C1CCC1. The summed E-state index contributed by atoms with van der Waals surface area (Å²) in [6.45, 7) is 2.17. The lowest BCUT2D eigenvalue weighted by Crippen LogP contribution is -2.15. The molecular formula is C28H20O4S. The average molecular weight is 453 g/mol. The Balaban J connectivity index is 1.63. The van der Waals surface area contributed by atoms with E-state index >= 15 is 0 Å². The molecule has 0 N–H and O–H groups in total. The van der Waals surface area contributed by atoms with Crippen LogP contribution in [0.3, 0.4) is 0 Å². The molecule has 0 spiro atoms. The molecule has 4 nitrogen and oxygen atoms in total. The maximum atomic E-state index is 13.6. The fourth-order valence-electron chi connectivity index (χ4n) is 5.00. The molecular weight excluding hydrogens is 432 g/mol. The van der Waals surface area contributed by atoms with E-state index in [1.54, 1.807) is 36.4 Å². The monoisotopic (exact) mass is 452 g/mol. The van der Waals surface area contributed by atoms with Crippen molar-refractivity contribution in [3.63, 3.8) is 0 Å². The molecule has 1 aromatic heterocycles. The summed E-state index contributed by atoms with van der Waals surface area (Å²) in [5.74, 6) is 0. The third-order valence-electron chi connectivity index (χ3n) is 7.11. The highest BCUT2D eigenvalue weighted by molar-refractivity contribution is 7.25. The van der Waals surface area contributed by atoms with E-state index in [0.717, 1.165) is 29.7 Å². The highest BCUT2D eigenvalue weighted by Gasteiger charge is 2.22. The zero-order chi connectivity index (χ0) is 22.9. The number of thiophene rings is 1. The lowest BCUT2D eigenvalue weighted by Gasteiger charge is -2.20. The van der Waals surface area contributed by atoms with E-state index in [1.807, 2.05) is 6.07 Å². The van der Waals surface area contributed by atoms with Crippen LogP contribution in [0.25, 0.3) is 41.7 Å². The molecule has 0 radical (unpaired) electrons. The molecule has 1 aliphatic rings. The highest BCUT2D eigenvalue weighted by atomic mass is 32.1. The maximum Gasteiger partial charge on any atom is 0.204 e. The van der Waals surface area contributed by atoms with Crippen LogP contribution < -0.4 is 21.7 Å². The van der Waals surface area contributed by atoms with E-state index in [4.69, 9.17) is 0 Å². The quantitative estimate of drug-likeness (QED) is 0.357. The van der Waals surface area contributed by atoms with Crippen LogP contribution in [-0.4, -0.2) is 0 Å². The Morgan fingerprint density at radius 3 is 1.94 bits per heavy atom. The summed E-state index contributed by atoms with van der Waals surface area (Å²) in [4.78, 5) is 53.2. The minimum Gasteiger partial charge on any atom is -0.289 e. The van der Waals surface area contributed by atoms with Gasteiger partial charge < -0.3 is 0 Å². The lowest BCUT2D eigenvalue weighted by atomic mass is 9.86. The summed E-state index contributed by atoms with van der Waals surface area (Å²) >= 11 is 0.972. The first-order chi connectivity index (χ1) is 16.0. The molecule has 1 saturated carbocycles. The number of fused-ring (bicyclic) bond motifs is 5. The van der Waals surface area contributed by atoms with Crippen molar-refractivity contribution in [1.82, 2.24) is 0 Å². The molecule has 1 aliphatic carbocycles. The van der Waals surface area contributed by atoms with Gasteiger partial charge in [-0.25, -0.2) is 0 Å². The molecule has 0 atom stereocenters. The molecule has 0 saturated heterocycles. The van der Waals surface area contributed by atoms with Gasteiger partial charge in [0.2, 0.25) is 10.9 Å². The molecule has 0 aliphatic heterocycles. The van der Waals surface area contributed by atoms with E-state index in [0.29, 0.717) is 16.2 Å². The van der Waals surface area contributed by atoms with Crippen LogP contribution in [-0.2, 0) is 6.42 Å². The summed E-state index contributed by atoms with van der Waals surface area (Å²) in [6.07, 6.45) is 5.36. The first-order valence-corrected chi connectivity index (χ1v) is 12.0. The standard InChI is InChI=1S/C28H20O4S/c1-14(16-5-4-6-16)9-10-15-11-12-19-20(13-15)24(30)22-21-23(29)17-7-2-3-8-18(17)25(31)27(21)33-28(22)26(19)32/h2-3,7-8,11-13H,4-6,9-10H2,1H3. The molecule has 0 bridgehead atoms. The second-order valence-electron chi connectivity index (χ2n) is 8.99. The van der Waals surface area contributed by atoms with Gasteiger partial charge in [0, 0.05) is 21.5 Å². The van der Waals surface area contributed by atoms with Crippen LogP contribution in [0.15, 0.2) is 72.8 Å². The van der Waals surface area contributed by atoms with Gasteiger partial charge in [0.05, 0.1) is 20.2 Å². The van der Waals surface area contributed by atoms with Gasteiger partial charge in [0.25, 0.3) is 0 Å². The number of benzene rings is 4. The molecule has 5 heteroatoms. The van der Waals surface area contributed by atoms with Gasteiger partial charge in [-0.15, -0.1) is 11.3 Å². The number of allylic oxidation sites excluding steroid dienone is 2. The summed E-state index contributed by atoms with van der Waals surface area (Å²) in [5, 5.41) is 1.49. The fourth-order valence-corrected chi connectivity index (χ4v) is 6.20. The Kier molecular flexibility index (Phi) is 4.46. The predicted octanol–water partition coefficient (Wildman–Crippen LogP) is 5.11. The smallest absolute Gasteiger partial charge is 0.204 e.